The fraction of sp³-hybridized carbons (Fsp3) is 0.258. The Morgan fingerprint density at radius 1 is 0.909 bits per heavy atom. The Morgan fingerprint density at radius 3 is 2.20 bits per heavy atom. The predicted molar refractivity (Wildman–Crippen MR) is 146 cm³/mol. The largest absolute Gasteiger partial charge is 0.508 e. The van der Waals surface area contributed by atoms with Crippen molar-refractivity contribution in [2.24, 2.45) is 0 Å². The van der Waals surface area contributed by atoms with Crippen molar-refractivity contribution < 1.29 is 45.5 Å². The summed E-state index contributed by atoms with van der Waals surface area (Å²) in [6, 6.07) is 13.1. The molecule has 5 rings (SSSR count). The van der Waals surface area contributed by atoms with Gasteiger partial charge in [0.1, 0.15) is 11.3 Å². The van der Waals surface area contributed by atoms with E-state index in [0.29, 0.717) is 12.1 Å². The number of hydrogen-bond acceptors (Lipinski definition) is 5. The van der Waals surface area contributed by atoms with Gasteiger partial charge in [0.25, 0.3) is 11.8 Å². The number of piperidine rings is 1. The molecule has 0 bridgehead atoms. The Hall–Kier alpha value is -4.81. The molecule has 2 N–H and O–H groups in total. The summed E-state index contributed by atoms with van der Waals surface area (Å²) in [7, 11) is 0. The van der Waals surface area contributed by atoms with Crippen molar-refractivity contribution >= 4 is 22.8 Å². The maximum atomic E-state index is 13.5. The fourth-order valence-electron chi connectivity index (χ4n) is 5.29. The molecule has 2 amide bonds. The molecule has 3 aromatic carbocycles. The van der Waals surface area contributed by atoms with E-state index < -0.39 is 58.4 Å². The Kier molecular flexibility index (Phi) is 8.15. The Bertz CT molecular complexity index is 1740. The van der Waals surface area contributed by atoms with Gasteiger partial charge in [0, 0.05) is 36.3 Å². The molecule has 0 radical (unpaired) electrons. The number of fused-ring (bicyclic) bond motifs is 1. The Balaban J connectivity index is 1.42. The Morgan fingerprint density at radius 2 is 1.57 bits per heavy atom. The minimum Gasteiger partial charge on any atom is -0.508 e. The topological polar surface area (TPSA) is 99.9 Å². The third-order valence-electron chi connectivity index (χ3n) is 7.40. The lowest BCUT2D eigenvalue weighted by atomic mass is 9.91. The monoisotopic (exact) mass is 618 g/mol. The lowest BCUT2D eigenvalue weighted by Gasteiger charge is -2.40. The van der Waals surface area contributed by atoms with E-state index in [4.69, 9.17) is 4.42 Å². The summed E-state index contributed by atoms with van der Waals surface area (Å²) in [6.45, 7) is -0.0889. The van der Waals surface area contributed by atoms with E-state index in [1.807, 2.05) is 0 Å². The molecule has 7 nitrogen and oxygen atoms in total. The van der Waals surface area contributed by atoms with Gasteiger partial charge in [0.15, 0.2) is 11.2 Å². The molecule has 0 spiro atoms. The molecule has 1 aliphatic heterocycles. The summed E-state index contributed by atoms with van der Waals surface area (Å²) in [5.41, 5.74) is -3.72. The molecule has 2 atom stereocenters. The van der Waals surface area contributed by atoms with E-state index in [1.54, 1.807) is 30.3 Å². The van der Waals surface area contributed by atoms with Gasteiger partial charge in [0.05, 0.1) is 16.5 Å². The minimum absolute atomic E-state index is 0.00988. The molecule has 2 heterocycles. The van der Waals surface area contributed by atoms with Crippen molar-refractivity contribution in [2.45, 2.75) is 43.7 Å². The number of halogens is 6. The number of carbonyl (C=O) groups is 2. The quantitative estimate of drug-likeness (QED) is 0.260. The highest BCUT2D eigenvalue weighted by molar-refractivity contribution is 5.95. The molecule has 2 unspecified atom stereocenters. The number of benzene rings is 3. The number of aromatic hydroxyl groups is 1. The van der Waals surface area contributed by atoms with E-state index in [0.717, 1.165) is 11.6 Å². The van der Waals surface area contributed by atoms with Crippen molar-refractivity contribution in [1.29, 1.82) is 0 Å². The van der Waals surface area contributed by atoms with Crippen LogP contribution < -0.4 is 10.7 Å². The molecule has 0 aliphatic carbocycles. The van der Waals surface area contributed by atoms with Crippen molar-refractivity contribution in [3.05, 3.63) is 111 Å². The number of phenols is 1. The predicted octanol–water partition coefficient (Wildman–Crippen LogP) is 6.18. The maximum Gasteiger partial charge on any atom is 0.416 e. The molecule has 13 heteroatoms. The smallest absolute Gasteiger partial charge is 0.416 e. The van der Waals surface area contributed by atoms with E-state index in [2.05, 4.69) is 5.32 Å². The first-order valence-corrected chi connectivity index (χ1v) is 13.4. The van der Waals surface area contributed by atoms with E-state index in [9.17, 15) is 45.8 Å². The number of nitrogens with zero attached hydrogens (tertiary/aromatic N) is 1. The fourth-order valence-corrected chi connectivity index (χ4v) is 5.29. The van der Waals surface area contributed by atoms with Crippen molar-refractivity contribution in [3.8, 4) is 5.75 Å². The molecule has 4 aromatic rings. The summed E-state index contributed by atoms with van der Waals surface area (Å²) in [5, 5.41) is 12.6. The first kappa shape index (κ1) is 30.6. The van der Waals surface area contributed by atoms with Gasteiger partial charge in [-0.3, -0.25) is 14.4 Å². The van der Waals surface area contributed by atoms with Crippen LogP contribution in [0.1, 0.15) is 50.4 Å². The highest BCUT2D eigenvalue weighted by Gasteiger charge is 2.39. The lowest BCUT2D eigenvalue weighted by Crippen LogP contribution is -2.52. The number of alkyl halides is 6. The summed E-state index contributed by atoms with van der Waals surface area (Å²) >= 11 is 0. The van der Waals surface area contributed by atoms with Crippen LogP contribution in [0.5, 0.6) is 5.75 Å². The number of hydrogen-bond donors (Lipinski definition) is 2. The van der Waals surface area contributed by atoms with E-state index in [-0.39, 0.29) is 54.4 Å². The zero-order valence-corrected chi connectivity index (χ0v) is 22.7. The third-order valence-corrected chi connectivity index (χ3v) is 7.40. The van der Waals surface area contributed by atoms with Crippen LogP contribution in [0.4, 0.5) is 26.3 Å². The molecule has 1 fully saturated rings. The molecule has 230 valence electrons. The van der Waals surface area contributed by atoms with Crippen LogP contribution in [0, 0.1) is 0 Å². The first-order chi connectivity index (χ1) is 20.7. The second-order valence-electron chi connectivity index (χ2n) is 10.5. The Labute approximate surface area is 245 Å². The second-order valence-corrected chi connectivity index (χ2v) is 10.5. The van der Waals surface area contributed by atoms with Gasteiger partial charge >= 0.3 is 12.4 Å². The van der Waals surface area contributed by atoms with Gasteiger partial charge in [-0.2, -0.15) is 26.3 Å². The zero-order valence-electron chi connectivity index (χ0n) is 22.7. The van der Waals surface area contributed by atoms with Gasteiger partial charge in [-0.25, -0.2) is 0 Å². The summed E-state index contributed by atoms with van der Waals surface area (Å²) in [6.07, 6.45) is -9.81. The van der Waals surface area contributed by atoms with Crippen molar-refractivity contribution in [2.75, 3.05) is 6.54 Å². The van der Waals surface area contributed by atoms with Gasteiger partial charge in [-0.1, -0.05) is 30.3 Å². The minimum atomic E-state index is -5.12. The maximum absolute atomic E-state index is 13.5. The molecule has 1 aromatic heterocycles. The number of rotatable bonds is 5. The number of nitrogens with one attached hydrogen (secondary N) is 1. The van der Waals surface area contributed by atoms with Crippen molar-refractivity contribution in [3.63, 3.8) is 0 Å². The van der Waals surface area contributed by atoms with Crippen LogP contribution in [0.15, 0.2) is 82.0 Å². The van der Waals surface area contributed by atoms with Crippen LogP contribution in [-0.4, -0.2) is 40.4 Å². The zero-order chi connectivity index (χ0) is 31.8. The standard InChI is InChI=1S/C31H24F6N2O5/c32-30(33,34)19-11-18(12-20(13-19)31(35,36)37)29(43)39-9-8-21(14-22(39)10-17-4-2-1-3-5-17)38-28(42)27-16-25(41)24-7-6-23(40)15-26(24)44-27/h1-7,11-13,15-16,21-22,40H,8-10,14H2,(H,38,42). The highest BCUT2D eigenvalue weighted by atomic mass is 19.4. The first-order valence-electron chi connectivity index (χ1n) is 13.4. The molecular weight excluding hydrogens is 594 g/mol. The molecule has 0 saturated carbocycles. The SMILES string of the molecule is O=C(NC1CCN(C(=O)c2cc(C(F)(F)F)cc(C(F)(F)F)c2)C(Cc2ccccc2)C1)c1cc(=O)c2ccc(O)cc2o1. The van der Waals surface area contributed by atoms with Crippen LogP contribution >= 0.6 is 0 Å². The van der Waals surface area contributed by atoms with Gasteiger partial charge < -0.3 is 19.7 Å². The summed E-state index contributed by atoms with van der Waals surface area (Å²) in [5.74, 6) is -2.26. The normalized spacial score (nSPS) is 17.5. The molecule has 1 aliphatic rings. The number of carbonyl (C=O) groups excluding carboxylic acids is 2. The number of likely N-dealkylation sites (tertiary alicyclic amines) is 1. The van der Waals surface area contributed by atoms with Crippen LogP contribution in [0.2, 0.25) is 0 Å². The van der Waals surface area contributed by atoms with E-state index in [1.165, 1.54) is 23.1 Å². The molecular formula is C31H24F6N2O5. The van der Waals surface area contributed by atoms with Crippen LogP contribution in [0.3, 0.4) is 0 Å². The number of phenolic OH excluding ortho intramolecular Hbond substituents is 1. The van der Waals surface area contributed by atoms with E-state index >= 15 is 0 Å². The van der Waals surface area contributed by atoms with Crippen LogP contribution in [-0.2, 0) is 18.8 Å². The highest BCUT2D eigenvalue weighted by Crippen LogP contribution is 2.37. The molecule has 1 saturated heterocycles. The van der Waals surface area contributed by atoms with Gasteiger partial charge in [-0.15, -0.1) is 0 Å². The average Bonchev–Trinajstić information content (AvgIpc) is 2.96. The van der Waals surface area contributed by atoms with Crippen LogP contribution in [0.25, 0.3) is 11.0 Å². The summed E-state index contributed by atoms with van der Waals surface area (Å²) < 4.78 is 86.4. The average molecular weight is 619 g/mol. The van der Waals surface area contributed by atoms with Gasteiger partial charge in [0.2, 0.25) is 0 Å². The lowest BCUT2D eigenvalue weighted by molar-refractivity contribution is -0.143. The van der Waals surface area contributed by atoms with Crippen molar-refractivity contribution in [1.82, 2.24) is 10.2 Å². The molecule has 44 heavy (non-hydrogen) atoms. The second kappa shape index (κ2) is 11.7. The number of amides is 2. The third kappa shape index (κ3) is 6.71. The summed E-state index contributed by atoms with van der Waals surface area (Å²) in [4.78, 5) is 40.3. The van der Waals surface area contributed by atoms with Gasteiger partial charge in [-0.05, 0) is 55.2 Å².